The molecule has 0 amide bonds. The fraction of sp³-hybridized carbons (Fsp3) is 0.650. The maximum absolute atomic E-state index is 16.0. The number of ether oxygens (including phenoxy) is 2. The summed E-state index contributed by atoms with van der Waals surface area (Å²) in [6.07, 6.45) is -11.6. The van der Waals surface area contributed by atoms with Crippen molar-refractivity contribution in [2.45, 2.75) is 67.8 Å². The zero-order chi connectivity index (χ0) is 31.8. The van der Waals surface area contributed by atoms with Gasteiger partial charge in [0.25, 0.3) is 5.56 Å². The number of hydrogen-bond acceptors (Lipinski definition) is 17. The largest absolute Gasteiger partial charge is 0.369 e. The van der Waals surface area contributed by atoms with Crippen LogP contribution in [0, 0.1) is 0 Å². The molecule has 7 rings (SSSR count). The van der Waals surface area contributed by atoms with Crippen molar-refractivity contribution >= 4 is 72.5 Å². The number of halogens is 2. The Balaban J connectivity index is 1.17. The van der Waals surface area contributed by atoms with Crippen molar-refractivity contribution in [1.82, 2.24) is 29.9 Å². The first kappa shape index (κ1) is 31.3. The van der Waals surface area contributed by atoms with E-state index in [0.29, 0.717) is 0 Å². The summed E-state index contributed by atoms with van der Waals surface area (Å²) >= 11 is 10.2. The van der Waals surface area contributed by atoms with Crippen LogP contribution in [-0.2, 0) is 56.0 Å². The van der Waals surface area contributed by atoms with Gasteiger partial charge in [-0.15, -0.1) is 5.10 Å². The number of aromatic nitrogens is 5. The molecule has 2 aromatic rings. The third-order valence-electron chi connectivity index (χ3n) is 7.56. The SMILES string of the molecule is Nc1nc2c(nnn2[C@@H]2O[C@@H]3COP(O)(=S)O[C@H]4[C@H](F)[C@H](N5C=NC6C(=O)CC=NC65)O[C@@H]4COP(O)(=S)O[C@@H]2[C@@H]3F)c(=O)[nH]1. The lowest BCUT2D eigenvalue weighted by atomic mass is 10.1. The molecule has 5 N–H and O–H groups in total. The Morgan fingerprint density at radius 3 is 2.44 bits per heavy atom. The quantitative estimate of drug-likeness (QED) is 0.265. The molecule has 4 unspecified atom stereocenters. The number of hydrogen-bond donors (Lipinski definition) is 4. The van der Waals surface area contributed by atoms with Crippen molar-refractivity contribution in [2.24, 2.45) is 9.98 Å². The van der Waals surface area contributed by atoms with E-state index < -0.39 is 93.6 Å². The summed E-state index contributed by atoms with van der Waals surface area (Å²) in [6.45, 7) is -10.1. The Hall–Kier alpha value is -2.27. The zero-order valence-corrected chi connectivity index (χ0v) is 25.8. The minimum absolute atomic E-state index is 0.0767. The summed E-state index contributed by atoms with van der Waals surface area (Å²) in [4.78, 5) is 62.3. The van der Waals surface area contributed by atoms with Gasteiger partial charge in [-0.2, -0.15) is 9.67 Å². The van der Waals surface area contributed by atoms with Gasteiger partial charge in [0.2, 0.25) is 5.95 Å². The van der Waals surface area contributed by atoms with Gasteiger partial charge in [-0.1, -0.05) is 5.21 Å². The van der Waals surface area contributed by atoms with E-state index in [2.05, 4.69) is 30.3 Å². The van der Waals surface area contributed by atoms with Crippen LogP contribution >= 0.6 is 13.4 Å². The molecule has 25 heteroatoms. The number of Topliss-reactive ketones (excluding diaryl/α,β-unsaturated/α-hetero) is 1. The first-order valence-corrected chi connectivity index (χ1v) is 18.4. The minimum Gasteiger partial charge on any atom is -0.369 e. The van der Waals surface area contributed by atoms with Gasteiger partial charge >= 0.3 is 13.4 Å². The molecule has 2 aromatic heterocycles. The highest BCUT2D eigenvalue weighted by atomic mass is 32.5. The average Bonchev–Trinajstić information content (AvgIpc) is 3.72. The van der Waals surface area contributed by atoms with Crippen molar-refractivity contribution in [2.75, 3.05) is 18.9 Å². The molecule has 3 saturated heterocycles. The summed E-state index contributed by atoms with van der Waals surface area (Å²) in [7, 11) is 0. The van der Waals surface area contributed by atoms with Gasteiger partial charge in [0.1, 0.15) is 24.4 Å². The summed E-state index contributed by atoms with van der Waals surface area (Å²) in [5.74, 6) is -0.514. The summed E-state index contributed by atoms with van der Waals surface area (Å²) in [5, 5.41) is 7.55. The molecule has 45 heavy (non-hydrogen) atoms. The zero-order valence-electron chi connectivity index (χ0n) is 22.4. The molecule has 244 valence electrons. The lowest BCUT2D eigenvalue weighted by Gasteiger charge is -2.31. The van der Waals surface area contributed by atoms with Crippen LogP contribution in [0.1, 0.15) is 12.6 Å². The summed E-state index contributed by atoms with van der Waals surface area (Å²) in [5.41, 5.74) is 4.45. The van der Waals surface area contributed by atoms with E-state index in [4.69, 9.17) is 56.9 Å². The predicted octanol–water partition coefficient (Wildman–Crippen LogP) is -1.27. The molecule has 0 aliphatic carbocycles. The highest BCUT2D eigenvalue weighted by Gasteiger charge is 2.56. The first-order valence-electron chi connectivity index (χ1n) is 13.2. The number of nitrogens with two attached hydrogens (primary N) is 1. The summed E-state index contributed by atoms with van der Waals surface area (Å²) < 4.78 is 66.2. The molecule has 0 saturated carbocycles. The van der Waals surface area contributed by atoms with E-state index in [-0.39, 0.29) is 29.3 Å². The van der Waals surface area contributed by atoms with Crippen molar-refractivity contribution in [3.05, 3.63) is 10.4 Å². The molecule has 0 aromatic carbocycles. The third-order valence-corrected chi connectivity index (χ3v) is 10.7. The molecule has 0 spiro atoms. The molecule has 0 radical (unpaired) electrons. The maximum Gasteiger partial charge on any atom is 0.325 e. The van der Waals surface area contributed by atoms with Gasteiger partial charge in [0.05, 0.1) is 19.6 Å². The number of carbonyl (C=O) groups excluding carboxylic acids is 1. The Morgan fingerprint density at radius 1 is 1.00 bits per heavy atom. The van der Waals surface area contributed by atoms with Crippen LogP contribution in [-0.4, -0.2) is 126 Å². The molecule has 12 atom stereocenters. The Bertz CT molecular complexity index is 1750. The second-order valence-corrected chi connectivity index (χ2v) is 16.0. The molecule has 3 fully saturated rings. The monoisotopic (exact) mass is 713 g/mol. The molecule has 19 nitrogen and oxygen atoms in total. The molecular weight excluding hydrogens is 690 g/mol. The second kappa shape index (κ2) is 11.5. The predicted molar refractivity (Wildman–Crippen MR) is 153 cm³/mol. The molecule has 5 aliphatic heterocycles. The van der Waals surface area contributed by atoms with Gasteiger partial charge in [0, 0.05) is 12.6 Å². The fourth-order valence-electron chi connectivity index (χ4n) is 5.52. The number of H-pyrrole nitrogens is 1. The number of fused-ring (bicyclic) bond motifs is 5. The minimum atomic E-state index is -4.38. The van der Waals surface area contributed by atoms with E-state index in [9.17, 15) is 19.4 Å². The Kier molecular flexibility index (Phi) is 7.98. The number of ketones is 1. The van der Waals surface area contributed by atoms with Crippen molar-refractivity contribution in [3.63, 3.8) is 0 Å². The maximum atomic E-state index is 16.0. The van der Waals surface area contributed by atoms with Crippen LogP contribution in [0.15, 0.2) is 14.8 Å². The smallest absolute Gasteiger partial charge is 0.325 e. The van der Waals surface area contributed by atoms with E-state index in [1.807, 2.05) is 0 Å². The van der Waals surface area contributed by atoms with Crippen LogP contribution in [0.5, 0.6) is 0 Å². The number of rotatable bonds is 2. The van der Waals surface area contributed by atoms with E-state index in [1.165, 1.54) is 17.5 Å². The number of nitrogens with zero attached hydrogens (tertiary/aromatic N) is 7. The van der Waals surface area contributed by atoms with Crippen molar-refractivity contribution in [1.29, 1.82) is 0 Å². The molecule has 2 bridgehead atoms. The highest BCUT2D eigenvalue weighted by molar-refractivity contribution is 8.07. The number of alkyl halides is 2. The van der Waals surface area contributed by atoms with E-state index in [0.717, 1.165) is 4.68 Å². The normalized spacial score (nSPS) is 43.6. The first-order chi connectivity index (χ1) is 21.3. The lowest BCUT2D eigenvalue weighted by Crippen LogP contribution is -2.49. The third kappa shape index (κ3) is 5.68. The molecule has 5 aliphatic rings. The van der Waals surface area contributed by atoms with Gasteiger partial charge in [-0.3, -0.25) is 33.6 Å². The highest BCUT2D eigenvalue weighted by Crippen LogP contribution is 2.54. The van der Waals surface area contributed by atoms with Gasteiger partial charge in [-0.25, -0.2) is 8.78 Å². The number of nitrogen functional groups attached to an aromatic ring is 1. The lowest BCUT2D eigenvalue weighted by molar-refractivity contribution is -0.121. The number of carbonyl (C=O) groups is 1. The van der Waals surface area contributed by atoms with Crippen molar-refractivity contribution < 1.29 is 50.9 Å². The van der Waals surface area contributed by atoms with Gasteiger partial charge in [0.15, 0.2) is 54.0 Å². The van der Waals surface area contributed by atoms with Crippen LogP contribution in [0.3, 0.4) is 0 Å². The van der Waals surface area contributed by atoms with E-state index >= 15 is 8.78 Å². The fourth-order valence-corrected chi connectivity index (χ4v) is 8.36. The number of anilines is 1. The number of aliphatic imine (C=N–C) groups is 2. The molecule has 7 heterocycles. The Morgan fingerprint density at radius 2 is 1.69 bits per heavy atom. The topological polar surface area (TPSA) is 243 Å². The molecular formula is C20H23F2N9O10P2S2. The standard InChI is InChI=1S/C20H23F2N9O10P2S2/c21-9-7-3-36-42(34,44)40-13-8(39-18(10(13)22)30-5-25-11-6(32)1-2-24-15(11)30)4-37-43(35,45)41-14(9)19(38-7)31-16-12(28-29-31)17(33)27-20(23)26-16/h2,5,7-11,13-15,18-19H,1,3-4H2,(H,34,44)(H,35,45)(H3,23,26,27,33)/t7-,8-,9-,10+,11?,13-,14-,15?,18-,19-,42?,43?/m1/s1. The number of aromatic amines is 1. The van der Waals surface area contributed by atoms with Gasteiger partial charge < -0.3 is 38.9 Å². The second-order valence-electron chi connectivity index (χ2n) is 10.4. The van der Waals surface area contributed by atoms with Gasteiger partial charge in [-0.05, 0) is 23.6 Å². The van der Waals surface area contributed by atoms with Crippen molar-refractivity contribution in [3.8, 4) is 0 Å². The van der Waals surface area contributed by atoms with Crippen LogP contribution in [0.25, 0.3) is 11.2 Å². The average molecular weight is 714 g/mol. The number of nitrogens with one attached hydrogen (secondary N) is 1. The van der Waals surface area contributed by atoms with Crippen LogP contribution < -0.4 is 11.3 Å². The van der Waals surface area contributed by atoms with E-state index in [1.54, 1.807) is 0 Å². The van der Waals surface area contributed by atoms with Crippen LogP contribution in [0.4, 0.5) is 14.7 Å². The summed E-state index contributed by atoms with van der Waals surface area (Å²) in [6, 6.07) is -0.855. The van der Waals surface area contributed by atoms with Crippen LogP contribution in [0.2, 0.25) is 0 Å². The Labute approximate surface area is 260 Å².